The van der Waals surface area contributed by atoms with Crippen LogP contribution in [-0.4, -0.2) is 11.1 Å². The second-order valence-electron chi connectivity index (χ2n) is 4.70. The Bertz CT molecular complexity index is 785. The number of carbonyl (C=O) groups excluding carboxylic acids is 1. The van der Waals surface area contributed by atoms with Crippen LogP contribution in [0.3, 0.4) is 0 Å². The van der Waals surface area contributed by atoms with E-state index in [0.717, 1.165) is 0 Å². The lowest BCUT2D eigenvalue weighted by Gasteiger charge is -2.09. The molecule has 0 saturated carbocycles. The van der Waals surface area contributed by atoms with Gasteiger partial charge in [0.2, 0.25) is 0 Å². The number of halogens is 3. The highest BCUT2D eigenvalue weighted by Gasteiger charge is 2.37. The fraction of sp³-hybridized carbons (Fsp3) is 0.0625. The van der Waals surface area contributed by atoms with Gasteiger partial charge in [-0.25, -0.2) is 4.79 Å². The standard InChI is InChI=1S/C16H9Cl3O3/c17-10-7-12(19)11(18)6-9(10)13-14(20)15(22-16(13)21)8-4-2-1-3-5-8/h1-7,15,20H. The number of esters is 1. The van der Waals surface area contributed by atoms with Crippen LogP contribution in [0.1, 0.15) is 17.2 Å². The molecule has 2 aromatic rings. The Morgan fingerprint density at radius 1 is 0.955 bits per heavy atom. The third-order valence-corrected chi connectivity index (χ3v) is 4.35. The van der Waals surface area contributed by atoms with Gasteiger partial charge in [0.05, 0.1) is 15.1 Å². The first-order valence-electron chi connectivity index (χ1n) is 6.33. The summed E-state index contributed by atoms with van der Waals surface area (Å²) in [6.07, 6.45) is -0.853. The second-order valence-corrected chi connectivity index (χ2v) is 5.92. The van der Waals surface area contributed by atoms with Crippen molar-refractivity contribution < 1.29 is 14.6 Å². The summed E-state index contributed by atoms with van der Waals surface area (Å²) in [4.78, 5) is 12.1. The molecular weight excluding hydrogens is 347 g/mol. The number of hydrogen-bond acceptors (Lipinski definition) is 3. The minimum atomic E-state index is -0.853. The van der Waals surface area contributed by atoms with Gasteiger partial charge in [0.1, 0.15) is 5.57 Å². The van der Waals surface area contributed by atoms with E-state index >= 15 is 0 Å². The molecule has 1 aliphatic rings. The number of aliphatic hydroxyl groups is 1. The lowest BCUT2D eigenvalue weighted by Crippen LogP contribution is -2.03. The van der Waals surface area contributed by atoms with Crippen LogP contribution in [0, 0.1) is 0 Å². The van der Waals surface area contributed by atoms with Crippen molar-refractivity contribution in [3.63, 3.8) is 0 Å². The number of benzene rings is 2. The van der Waals surface area contributed by atoms with Gasteiger partial charge in [-0.3, -0.25) is 0 Å². The first-order valence-corrected chi connectivity index (χ1v) is 7.46. The van der Waals surface area contributed by atoms with Gasteiger partial charge in [-0.15, -0.1) is 0 Å². The number of rotatable bonds is 2. The molecule has 112 valence electrons. The van der Waals surface area contributed by atoms with Crippen LogP contribution in [0.15, 0.2) is 48.2 Å². The summed E-state index contributed by atoms with van der Waals surface area (Å²) < 4.78 is 5.25. The minimum absolute atomic E-state index is 0.00239. The largest absolute Gasteiger partial charge is 0.507 e. The van der Waals surface area contributed by atoms with E-state index in [1.165, 1.54) is 12.1 Å². The van der Waals surface area contributed by atoms with Crippen molar-refractivity contribution in [3.05, 3.63) is 74.4 Å². The number of aliphatic hydroxyl groups excluding tert-OH is 1. The summed E-state index contributed by atoms with van der Waals surface area (Å²) in [5, 5.41) is 11.1. The number of ether oxygens (including phenoxy) is 1. The Labute approximate surface area is 141 Å². The number of cyclic esters (lactones) is 1. The van der Waals surface area contributed by atoms with E-state index in [-0.39, 0.29) is 32.0 Å². The van der Waals surface area contributed by atoms with Gasteiger partial charge >= 0.3 is 5.97 Å². The van der Waals surface area contributed by atoms with Gasteiger partial charge in [0.15, 0.2) is 11.9 Å². The molecule has 6 heteroatoms. The summed E-state index contributed by atoms with van der Waals surface area (Å²) in [7, 11) is 0. The molecule has 3 rings (SSSR count). The van der Waals surface area contributed by atoms with Crippen LogP contribution in [0.2, 0.25) is 15.1 Å². The van der Waals surface area contributed by atoms with Crippen LogP contribution in [0.25, 0.3) is 5.57 Å². The average Bonchev–Trinajstić information content (AvgIpc) is 2.79. The van der Waals surface area contributed by atoms with E-state index in [0.29, 0.717) is 5.56 Å². The van der Waals surface area contributed by atoms with Crippen molar-refractivity contribution in [1.29, 1.82) is 0 Å². The average molecular weight is 356 g/mol. The molecule has 0 spiro atoms. The molecule has 1 aliphatic heterocycles. The van der Waals surface area contributed by atoms with Crippen LogP contribution in [-0.2, 0) is 9.53 Å². The molecule has 1 N–H and O–H groups in total. The molecule has 0 bridgehead atoms. The lowest BCUT2D eigenvalue weighted by molar-refractivity contribution is -0.138. The van der Waals surface area contributed by atoms with E-state index in [9.17, 15) is 9.90 Å². The molecule has 2 aromatic carbocycles. The maximum Gasteiger partial charge on any atom is 0.343 e. The van der Waals surface area contributed by atoms with E-state index in [1.54, 1.807) is 24.3 Å². The third-order valence-electron chi connectivity index (χ3n) is 3.32. The summed E-state index contributed by atoms with van der Waals surface area (Å²) >= 11 is 18.0. The summed E-state index contributed by atoms with van der Waals surface area (Å²) in [5.41, 5.74) is 0.953. The maximum atomic E-state index is 12.1. The third kappa shape index (κ3) is 2.56. The molecule has 0 fully saturated rings. The van der Waals surface area contributed by atoms with Gasteiger partial charge < -0.3 is 9.84 Å². The van der Waals surface area contributed by atoms with Crippen molar-refractivity contribution in [2.45, 2.75) is 6.10 Å². The van der Waals surface area contributed by atoms with Crippen molar-refractivity contribution in [2.24, 2.45) is 0 Å². The SMILES string of the molecule is O=C1OC(c2ccccc2)C(O)=C1c1cc(Cl)c(Cl)cc1Cl. The lowest BCUT2D eigenvalue weighted by atomic mass is 10.0. The maximum absolute atomic E-state index is 12.1. The number of carbonyl (C=O) groups is 1. The Kier molecular flexibility index (Phi) is 4.04. The predicted molar refractivity (Wildman–Crippen MR) is 86.3 cm³/mol. The van der Waals surface area contributed by atoms with Crippen molar-refractivity contribution in [3.8, 4) is 0 Å². The highest BCUT2D eigenvalue weighted by molar-refractivity contribution is 6.44. The first-order chi connectivity index (χ1) is 10.5. The normalized spacial score (nSPS) is 17.8. The van der Waals surface area contributed by atoms with E-state index in [4.69, 9.17) is 39.5 Å². The van der Waals surface area contributed by atoms with Gasteiger partial charge in [0.25, 0.3) is 0 Å². The Morgan fingerprint density at radius 3 is 2.27 bits per heavy atom. The zero-order valence-corrected chi connectivity index (χ0v) is 13.3. The predicted octanol–water partition coefficient (Wildman–Crippen LogP) is 5.21. The fourth-order valence-corrected chi connectivity index (χ4v) is 2.91. The van der Waals surface area contributed by atoms with Crippen molar-refractivity contribution >= 4 is 46.3 Å². The quantitative estimate of drug-likeness (QED) is 0.594. The van der Waals surface area contributed by atoms with E-state index in [1.807, 2.05) is 6.07 Å². The molecular formula is C16H9Cl3O3. The summed E-state index contributed by atoms with van der Waals surface area (Å²) in [6, 6.07) is 11.8. The summed E-state index contributed by atoms with van der Waals surface area (Å²) in [6.45, 7) is 0. The van der Waals surface area contributed by atoms with Gasteiger partial charge in [-0.1, -0.05) is 65.1 Å². The van der Waals surface area contributed by atoms with Crippen molar-refractivity contribution in [1.82, 2.24) is 0 Å². The first kappa shape index (κ1) is 15.2. The Morgan fingerprint density at radius 2 is 1.59 bits per heavy atom. The van der Waals surface area contributed by atoms with E-state index in [2.05, 4.69) is 0 Å². The minimum Gasteiger partial charge on any atom is -0.507 e. The fourth-order valence-electron chi connectivity index (χ4n) is 2.27. The second kappa shape index (κ2) is 5.84. The monoisotopic (exact) mass is 354 g/mol. The summed E-state index contributed by atoms with van der Waals surface area (Å²) in [5.74, 6) is -0.858. The molecule has 0 radical (unpaired) electrons. The van der Waals surface area contributed by atoms with Crippen LogP contribution in [0.4, 0.5) is 0 Å². The number of hydrogen-bond donors (Lipinski definition) is 1. The van der Waals surface area contributed by atoms with Crippen LogP contribution in [0.5, 0.6) is 0 Å². The van der Waals surface area contributed by atoms with Crippen molar-refractivity contribution in [2.75, 3.05) is 0 Å². The Balaban J connectivity index is 2.12. The van der Waals surface area contributed by atoms with E-state index < -0.39 is 12.1 Å². The molecule has 0 amide bonds. The topological polar surface area (TPSA) is 46.5 Å². The highest BCUT2D eigenvalue weighted by atomic mass is 35.5. The van der Waals surface area contributed by atoms with Gasteiger partial charge in [-0.05, 0) is 12.1 Å². The molecule has 0 saturated heterocycles. The van der Waals surface area contributed by atoms with Crippen LogP contribution < -0.4 is 0 Å². The zero-order valence-electron chi connectivity index (χ0n) is 11.0. The highest BCUT2D eigenvalue weighted by Crippen LogP contribution is 2.41. The smallest absolute Gasteiger partial charge is 0.343 e. The molecule has 1 heterocycles. The molecule has 3 nitrogen and oxygen atoms in total. The molecule has 0 aromatic heterocycles. The molecule has 0 aliphatic carbocycles. The molecule has 1 unspecified atom stereocenters. The van der Waals surface area contributed by atoms with Gasteiger partial charge in [0, 0.05) is 11.1 Å². The molecule has 22 heavy (non-hydrogen) atoms. The van der Waals surface area contributed by atoms with Crippen LogP contribution >= 0.6 is 34.8 Å². The van der Waals surface area contributed by atoms with Gasteiger partial charge in [-0.2, -0.15) is 0 Å². The zero-order chi connectivity index (χ0) is 15.9. The Hall–Kier alpha value is -1.68. The molecule has 1 atom stereocenters.